The van der Waals surface area contributed by atoms with Gasteiger partial charge in [0.05, 0.1) is 11.0 Å². The molecule has 2 aromatic carbocycles. The number of urea groups is 1. The van der Waals surface area contributed by atoms with Crippen LogP contribution in [0.25, 0.3) is 5.57 Å². The molecule has 0 saturated heterocycles. The number of amides is 3. The van der Waals surface area contributed by atoms with E-state index in [0.717, 1.165) is 17.9 Å². The van der Waals surface area contributed by atoms with Crippen LogP contribution in [0.15, 0.2) is 59.5 Å². The van der Waals surface area contributed by atoms with Gasteiger partial charge in [-0.1, -0.05) is 42.5 Å². The predicted molar refractivity (Wildman–Crippen MR) is 125 cm³/mol. The van der Waals surface area contributed by atoms with E-state index in [1.54, 1.807) is 6.08 Å². The van der Waals surface area contributed by atoms with Gasteiger partial charge in [-0.2, -0.15) is 5.26 Å². The predicted octanol–water partition coefficient (Wildman–Crippen LogP) is 2.28. The van der Waals surface area contributed by atoms with Gasteiger partial charge in [0.2, 0.25) is 5.91 Å². The molecule has 2 aromatic rings. The lowest BCUT2D eigenvalue weighted by molar-refractivity contribution is -0.122. The summed E-state index contributed by atoms with van der Waals surface area (Å²) >= 11 is 0. The Morgan fingerprint density at radius 1 is 1.21 bits per heavy atom. The summed E-state index contributed by atoms with van der Waals surface area (Å²) in [6.07, 6.45) is 3.36. The molecule has 34 heavy (non-hydrogen) atoms. The van der Waals surface area contributed by atoms with Crippen LogP contribution >= 0.6 is 0 Å². The summed E-state index contributed by atoms with van der Waals surface area (Å²) in [6.45, 7) is 0.328. The third-order valence-corrected chi connectivity index (χ3v) is 6.56. The van der Waals surface area contributed by atoms with Crippen LogP contribution in [0.3, 0.4) is 0 Å². The second kappa shape index (κ2) is 10.9. The van der Waals surface area contributed by atoms with Crippen molar-refractivity contribution in [3.63, 3.8) is 0 Å². The Morgan fingerprint density at radius 3 is 2.53 bits per heavy atom. The second-order valence-corrected chi connectivity index (χ2v) is 9.92. The lowest BCUT2D eigenvalue weighted by Crippen LogP contribution is -2.52. The zero-order valence-electron chi connectivity index (χ0n) is 18.6. The van der Waals surface area contributed by atoms with E-state index in [1.807, 2.05) is 36.4 Å². The van der Waals surface area contributed by atoms with Crippen molar-refractivity contribution in [2.24, 2.45) is 0 Å². The molecule has 178 valence electrons. The van der Waals surface area contributed by atoms with Crippen LogP contribution in [-0.2, 0) is 21.1 Å². The van der Waals surface area contributed by atoms with Crippen molar-refractivity contribution in [2.75, 3.05) is 25.9 Å². The smallest absolute Gasteiger partial charge is 0.318 e. The van der Waals surface area contributed by atoms with Gasteiger partial charge in [0.15, 0.2) is 9.84 Å². The molecular weight excluding hydrogens is 459 g/mol. The zero-order valence-corrected chi connectivity index (χ0v) is 19.4. The number of hydrogen-bond donors (Lipinski definition) is 2. The average molecular weight is 485 g/mol. The standard InChI is InChI=1S/C24H25FN4O4S/c1-34(32,33)19-7-8-20(21(25)16-19)18-9-13-29(14-10-18)24(31)28-22(23(30)27-12-11-26)15-17-5-3-2-4-6-17/h2-9,16,22H,10,12-15H2,1H3,(H,27,30)(H,28,31). The molecule has 0 fully saturated rings. The van der Waals surface area contributed by atoms with E-state index in [1.165, 1.54) is 17.0 Å². The maximum Gasteiger partial charge on any atom is 0.318 e. The van der Waals surface area contributed by atoms with Crippen molar-refractivity contribution in [3.8, 4) is 6.07 Å². The van der Waals surface area contributed by atoms with Crippen molar-refractivity contribution in [1.82, 2.24) is 15.5 Å². The van der Waals surface area contributed by atoms with Crippen LogP contribution in [0.4, 0.5) is 9.18 Å². The molecule has 0 aliphatic carbocycles. The number of hydrogen-bond acceptors (Lipinski definition) is 5. The summed E-state index contributed by atoms with van der Waals surface area (Å²) in [5, 5.41) is 14.0. The van der Waals surface area contributed by atoms with E-state index in [2.05, 4.69) is 10.6 Å². The number of benzene rings is 2. The quantitative estimate of drug-likeness (QED) is 0.585. The monoisotopic (exact) mass is 484 g/mol. The number of carbonyl (C=O) groups excluding carboxylic acids is 2. The van der Waals surface area contributed by atoms with Gasteiger partial charge in [0.25, 0.3) is 0 Å². The lowest BCUT2D eigenvalue weighted by Gasteiger charge is -2.29. The summed E-state index contributed by atoms with van der Waals surface area (Å²) in [6, 6.07) is 13.5. The fourth-order valence-electron chi connectivity index (χ4n) is 3.63. The number of carbonyl (C=O) groups is 2. The number of nitrogens with zero attached hydrogens (tertiary/aromatic N) is 2. The van der Waals surface area contributed by atoms with Gasteiger partial charge in [-0.3, -0.25) is 4.79 Å². The summed E-state index contributed by atoms with van der Waals surface area (Å²) in [5.74, 6) is -1.09. The molecule has 0 aromatic heterocycles. The van der Waals surface area contributed by atoms with E-state index in [-0.39, 0.29) is 24.4 Å². The third-order valence-electron chi connectivity index (χ3n) is 5.45. The van der Waals surface area contributed by atoms with Crippen molar-refractivity contribution in [3.05, 3.63) is 71.6 Å². The second-order valence-electron chi connectivity index (χ2n) is 7.91. The van der Waals surface area contributed by atoms with Gasteiger partial charge in [0, 0.05) is 31.3 Å². The minimum Gasteiger partial charge on any atom is -0.341 e. The molecule has 3 amide bonds. The maximum absolute atomic E-state index is 14.5. The van der Waals surface area contributed by atoms with E-state index in [0.29, 0.717) is 24.1 Å². The lowest BCUT2D eigenvalue weighted by atomic mass is 9.99. The SMILES string of the molecule is CS(=O)(=O)c1ccc(C2=CCN(C(=O)NC(Cc3ccccc3)C(=O)NCC#N)CC2)c(F)c1. The highest BCUT2D eigenvalue weighted by Crippen LogP contribution is 2.26. The van der Waals surface area contributed by atoms with Gasteiger partial charge >= 0.3 is 6.03 Å². The molecule has 0 radical (unpaired) electrons. The van der Waals surface area contributed by atoms with E-state index in [9.17, 15) is 22.4 Å². The Hall–Kier alpha value is -3.71. The van der Waals surface area contributed by atoms with E-state index >= 15 is 0 Å². The van der Waals surface area contributed by atoms with Crippen LogP contribution in [0.1, 0.15) is 17.5 Å². The molecular formula is C24H25FN4O4S. The Morgan fingerprint density at radius 2 is 1.94 bits per heavy atom. The third kappa shape index (κ3) is 6.42. The molecule has 8 nitrogen and oxygen atoms in total. The highest BCUT2D eigenvalue weighted by atomic mass is 32.2. The number of nitriles is 1. The van der Waals surface area contributed by atoms with Crippen LogP contribution in [-0.4, -0.2) is 57.2 Å². The van der Waals surface area contributed by atoms with Crippen LogP contribution in [0, 0.1) is 17.1 Å². The minimum atomic E-state index is -3.51. The van der Waals surface area contributed by atoms with Crippen LogP contribution < -0.4 is 10.6 Å². The maximum atomic E-state index is 14.5. The van der Waals surface area contributed by atoms with E-state index in [4.69, 9.17) is 5.26 Å². The highest BCUT2D eigenvalue weighted by Gasteiger charge is 2.26. The Bertz CT molecular complexity index is 1240. The first-order valence-corrected chi connectivity index (χ1v) is 12.5. The van der Waals surface area contributed by atoms with Gasteiger partial charge in [0.1, 0.15) is 18.4 Å². The summed E-state index contributed by atoms with van der Waals surface area (Å²) in [7, 11) is -3.51. The number of halogens is 1. The van der Waals surface area contributed by atoms with Gasteiger partial charge < -0.3 is 15.5 Å². The molecule has 0 saturated carbocycles. The fraction of sp³-hybridized carbons (Fsp3) is 0.292. The van der Waals surface area contributed by atoms with Crippen LogP contribution in [0.5, 0.6) is 0 Å². The van der Waals surface area contributed by atoms with Crippen molar-refractivity contribution >= 4 is 27.3 Å². The molecule has 0 spiro atoms. The number of sulfone groups is 1. The first-order valence-electron chi connectivity index (χ1n) is 10.6. The molecule has 1 heterocycles. The van der Waals surface area contributed by atoms with Gasteiger partial charge in [-0.25, -0.2) is 17.6 Å². The van der Waals surface area contributed by atoms with E-state index < -0.39 is 33.6 Å². The molecule has 1 atom stereocenters. The number of nitrogens with one attached hydrogen (secondary N) is 2. The van der Waals surface area contributed by atoms with Crippen molar-refractivity contribution in [1.29, 1.82) is 5.26 Å². The van der Waals surface area contributed by atoms with Gasteiger partial charge in [-0.15, -0.1) is 0 Å². The molecule has 0 bridgehead atoms. The highest BCUT2D eigenvalue weighted by molar-refractivity contribution is 7.90. The molecule has 1 unspecified atom stereocenters. The van der Waals surface area contributed by atoms with Crippen molar-refractivity contribution in [2.45, 2.75) is 23.8 Å². The first-order chi connectivity index (χ1) is 16.2. The number of rotatable bonds is 7. The largest absolute Gasteiger partial charge is 0.341 e. The Labute approximate surface area is 198 Å². The molecule has 1 aliphatic rings. The fourth-order valence-corrected chi connectivity index (χ4v) is 4.27. The summed E-state index contributed by atoms with van der Waals surface area (Å²) in [4.78, 5) is 26.8. The molecule has 10 heteroatoms. The Balaban J connectivity index is 1.69. The molecule has 3 rings (SSSR count). The zero-order chi connectivity index (χ0) is 24.7. The topological polar surface area (TPSA) is 119 Å². The summed E-state index contributed by atoms with van der Waals surface area (Å²) in [5.41, 5.74) is 1.83. The molecule has 2 N–H and O–H groups in total. The normalized spacial score (nSPS) is 14.5. The Kier molecular flexibility index (Phi) is 8.02. The van der Waals surface area contributed by atoms with Gasteiger partial charge in [-0.05, 0) is 29.7 Å². The average Bonchev–Trinajstić information content (AvgIpc) is 2.82. The molecule has 1 aliphatic heterocycles. The van der Waals surface area contributed by atoms with Crippen LogP contribution in [0.2, 0.25) is 0 Å². The first kappa shape index (κ1) is 24.9. The minimum absolute atomic E-state index is 0.0923. The van der Waals surface area contributed by atoms with Crippen molar-refractivity contribution < 1.29 is 22.4 Å². The summed E-state index contributed by atoms with van der Waals surface area (Å²) < 4.78 is 37.8.